The molecule has 4 unspecified atom stereocenters. The van der Waals surface area contributed by atoms with Gasteiger partial charge in [-0.2, -0.15) is 0 Å². The van der Waals surface area contributed by atoms with Crippen molar-refractivity contribution in [1.82, 2.24) is 25.9 Å². The van der Waals surface area contributed by atoms with E-state index in [0.29, 0.717) is 5.56 Å². The zero-order valence-corrected chi connectivity index (χ0v) is 28.3. The summed E-state index contributed by atoms with van der Waals surface area (Å²) in [5.41, 5.74) is 21.2. The molecule has 3 amide bonds. The van der Waals surface area contributed by atoms with Gasteiger partial charge in [0.25, 0.3) is 0 Å². The summed E-state index contributed by atoms with van der Waals surface area (Å²) in [6.45, 7) is 0.149. The van der Waals surface area contributed by atoms with Crippen molar-refractivity contribution in [2.45, 2.75) is 56.3 Å². The van der Waals surface area contributed by atoms with Crippen LogP contribution in [0.2, 0.25) is 0 Å². The number of nitrogens with one attached hydrogen (secondary N) is 5. The highest BCUT2D eigenvalue weighted by Crippen LogP contribution is 2.21. The van der Waals surface area contributed by atoms with E-state index < -0.39 is 47.9 Å². The number of aromatic amines is 2. The van der Waals surface area contributed by atoms with E-state index in [1.165, 1.54) is 12.1 Å². The third-order valence-electron chi connectivity index (χ3n) is 8.75. The highest BCUT2D eigenvalue weighted by molar-refractivity contribution is 5.95. The summed E-state index contributed by atoms with van der Waals surface area (Å²) in [5, 5.41) is 29.4. The first kappa shape index (κ1) is 36.9. The van der Waals surface area contributed by atoms with E-state index >= 15 is 0 Å². The third kappa shape index (κ3) is 9.66. The van der Waals surface area contributed by atoms with Crippen molar-refractivity contribution in [3.8, 4) is 5.75 Å². The number of guanidine groups is 1. The monoisotopic (exact) mass is 709 g/mol. The molecule has 15 nitrogen and oxygen atoms in total. The molecular weight excluding hydrogens is 666 g/mol. The lowest BCUT2D eigenvalue weighted by molar-refractivity contribution is -0.142. The molecule has 0 aliphatic rings. The Morgan fingerprint density at radius 3 is 1.83 bits per heavy atom. The van der Waals surface area contributed by atoms with Crippen LogP contribution in [-0.2, 0) is 38.4 Å². The first-order valence-corrected chi connectivity index (χ1v) is 16.8. The van der Waals surface area contributed by atoms with Gasteiger partial charge >= 0.3 is 5.97 Å². The zero-order valence-electron chi connectivity index (χ0n) is 28.3. The van der Waals surface area contributed by atoms with Gasteiger partial charge in [-0.05, 0) is 60.2 Å². The quantitative estimate of drug-likeness (QED) is 0.0378. The highest BCUT2D eigenvalue weighted by Gasteiger charge is 2.31. The second-order valence-corrected chi connectivity index (χ2v) is 12.6. The number of benzene rings is 3. The number of carbonyl (C=O) groups excluding carboxylic acids is 3. The predicted octanol–water partition coefficient (Wildman–Crippen LogP) is 1.30. The van der Waals surface area contributed by atoms with Crippen molar-refractivity contribution < 1.29 is 29.4 Å². The largest absolute Gasteiger partial charge is 0.508 e. The summed E-state index contributed by atoms with van der Waals surface area (Å²) in [7, 11) is 0. The molecule has 15 heteroatoms. The van der Waals surface area contributed by atoms with Crippen molar-refractivity contribution >= 4 is 51.5 Å². The molecule has 2 aromatic heterocycles. The summed E-state index contributed by atoms with van der Waals surface area (Å²) in [4.78, 5) is 63.8. The molecule has 13 N–H and O–H groups in total. The van der Waals surface area contributed by atoms with E-state index in [2.05, 4.69) is 30.9 Å². The fourth-order valence-corrected chi connectivity index (χ4v) is 6.02. The lowest BCUT2D eigenvalue weighted by Crippen LogP contribution is -2.58. The Hall–Kier alpha value is -6.35. The lowest BCUT2D eigenvalue weighted by atomic mass is 10.0. The van der Waals surface area contributed by atoms with Crippen LogP contribution in [0.5, 0.6) is 5.75 Å². The van der Waals surface area contributed by atoms with Gasteiger partial charge in [0.2, 0.25) is 17.7 Å². The molecule has 2 heterocycles. The Morgan fingerprint density at radius 2 is 1.23 bits per heavy atom. The number of aliphatic carboxylic acids is 1. The van der Waals surface area contributed by atoms with Gasteiger partial charge in [0.15, 0.2) is 5.96 Å². The van der Waals surface area contributed by atoms with Gasteiger partial charge in [-0.3, -0.25) is 19.4 Å². The normalized spacial score (nSPS) is 13.5. The topological polar surface area (TPSA) is 267 Å². The number of aromatic hydroxyl groups is 1. The van der Waals surface area contributed by atoms with Crippen molar-refractivity contribution in [2.24, 2.45) is 22.2 Å². The minimum absolute atomic E-state index is 0.0106. The predicted molar refractivity (Wildman–Crippen MR) is 197 cm³/mol. The standard InChI is InChI=1S/C37H43N9O6/c38-27(17-22-19-42-28-8-3-1-6-25(22)28)33(48)45-31(18-23-20-43-29-9-4-2-7-26(23)29)35(50)44-30(10-5-15-41-37(39)40)34(49)46-32(36(51)52)16-21-11-13-24(47)14-12-21/h1-4,6-9,11-14,19-20,27,30-32,42-43,47H,5,10,15-18,38H2,(H,44,50)(H,45,48)(H,46,49)(H,51,52)(H4,39,40,41). The van der Waals surface area contributed by atoms with E-state index in [0.717, 1.165) is 32.9 Å². The molecule has 0 radical (unpaired) electrons. The van der Waals surface area contributed by atoms with E-state index in [4.69, 9.17) is 17.2 Å². The van der Waals surface area contributed by atoms with E-state index in [1.54, 1.807) is 24.5 Å². The smallest absolute Gasteiger partial charge is 0.326 e. The molecule has 5 aromatic rings. The van der Waals surface area contributed by atoms with Crippen LogP contribution in [0.15, 0.2) is 90.2 Å². The van der Waals surface area contributed by atoms with Crippen molar-refractivity contribution in [3.63, 3.8) is 0 Å². The summed E-state index contributed by atoms with van der Waals surface area (Å²) in [5.74, 6) is -3.42. The molecule has 0 spiro atoms. The van der Waals surface area contributed by atoms with Gasteiger partial charge in [-0.15, -0.1) is 0 Å². The molecule has 52 heavy (non-hydrogen) atoms. The van der Waals surface area contributed by atoms with Crippen LogP contribution < -0.4 is 33.2 Å². The number of hydrogen-bond donors (Lipinski definition) is 10. The van der Waals surface area contributed by atoms with Crippen LogP contribution in [0.4, 0.5) is 0 Å². The first-order valence-electron chi connectivity index (χ1n) is 16.8. The number of fused-ring (bicyclic) bond motifs is 2. The number of carbonyl (C=O) groups is 4. The minimum Gasteiger partial charge on any atom is -0.508 e. The minimum atomic E-state index is -1.35. The number of phenols is 1. The number of aromatic nitrogens is 2. The molecule has 3 aromatic carbocycles. The summed E-state index contributed by atoms with van der Waals surface area (Å²) in [6.07, 6.45) is 4.04. The van der Waals surface area contributed by atoms with Gasteiger partial charge in [-0.25, -0.2) is 4.79 Å². The molecule has 0 bridgehead atoms. The average molecular weight is 710 g/mol. The number of H-pyrrole nitrogens is 2. The van der Waals surface area contributed by atoms with Crippen LogP contribution >= 0.6 is 0 Å². The Bertz CT molecular complexity index is 2050. The van der Waals surface area contributed by atoms with Crippen molar-refractivity contribution in [1.29, 1.82) is 0 Å². The highest BCUT2D eigenvalue weighted by atomic mass is 16.4. The van der Waals surface area contributed by atoms with Gasteiger partial charge in [0.1, 0.15) is 23.9 Å². The Kier molecular flexibility index (Phi) is 12.1. The number of nitrogens with two attached hydrogens (primary N) is 3. The van der Waals surface area contributed by atoms with Crippen LogP contribution in [0.3, 0.4) is 0 Å². The SMILES string of the molecule is NC(N)=NCCCC(NC(=O)C(Cc1c[nH]c2ccccc12)NC(=O)C(N)Cc1c[nH]c2ccccc12)C(=O)NC(Cc1ccc(O)cc1)C(=O)O. The summed E-state index contributed by atoms with van der Waals surface area (Å²) in [6, 6.07) is 16.3. The van der Waals surface area contributed by atoms with Gasteiger partial charge in [0, 0.05) is 53.6 Å². The molecular formula is C37H43N9O6. The molecule has 0 saturated carbocycles. The molecule has 5 rings (SSSR count). The number of rotatable bonds is 17. The number of nitrogens with zero attached hydrogens (tertiary/aromatic N) is 1. The maximum absolute atomic E-state index is 14.1. The Balaban J connectivity index is 1.36. The second kappa shape index (κ2) is 17.0. The molecule has 4 atom stereocenters. The number of aliphatic imine (C=N–C) groups is 1. The number of para-hydroxylation sites is 2. The second-order valence-electron chi connectivity index (χ2n) is 12.6. The number of hydrogen-bond acceptors (Lipinski definition) is 7. The van der Waals surface area contributed by atoms with Gasteiger partial charge in [-0.1, -0.05) is 48.5 Å². The van der Waals surface area contributed by atoms with Crippen LogP contribution in [0.1, 0.15) is 29.5 Å². The third-order valence-corrected chi connectivity index (χ3v) is 8.75. The van der Waals surface area contributed by atoms with E-state index in [1.807, 2.05) is 48.5 Å². The fourth-order valence-electron chi connectivity index (χ4n) is 6.02. The van der Waals surface area contributed by atoms with Crippen LogP contribution in [-0.4, -0.2) is 80.5 Å². The molecule has 0 fully saturated rings. The molecule has 0 aliphatic heterocycles. The molecule has 0 saturated heterocycles. The van der Waals surface area contributed by atoms with Crippen LogP contribution in [0, 0.1) is 0 Å². The summed E-state index contributed by atoms with van der Waals surface area (Å²) >= 11 is 0. The molecule has 0 aliphatic carbocycles. The Morgan fingerprint density at radius 1 is 0.692 bits per heavy atom. The van der Waals surface area contributed by atoms with Crippen molar-refractivity contribution in [3.05, 3.63) is 102 Å². The van der Waals surface area contributed by atoms with Crippen molar-refractivity contribution in [2.75, 3.05) is 6.54 Å². The Labute approximate surface area is 299 Å². The number of phenolic OH excluding ortho intramolecular Hbond substituents is 1. The maximum atomic E-state index is 14.1. The summed E-state index contributed by atoms with van der Waals surface area (Å²) < 4.78 is 0. The van der Waals surface area contributed by atoms with Gasteiger partial charge < -0.3 is 53.3 Å². The lowest BCUT2D eigenvalue weighted by Gasteiger charge is -2.25. The van der Waals surface area contributed by atoms with E-state index in [9.17, 15) is 29.4 Å². The fraction of sp³-hybridized carbons (Fsp3) is 0.270. The number of carboxylic acids is 1. The zero-order chi connectivity index (χ0) is 37.2. The van der Waals surface area contributed by atoms with E-state index in [-0.39, 0.29) is 50.4 Å². The molecule has 272 valence electrons. The average Bonchev–Trinajstić information content (AvgIpc) is 3.73. The number of amides is 3. The van der Waals surface area contributed by atoms with Gasteiger partial charge in [0.05, 0.1) is 6.04 Å². The number of carboxylic acid groups (broad SMARTS) is 1. The maximum Gasteiger partial charge on any atom is 0.326 e. The first-order chi connectivity index (χ1) is 25.0. The van der Waals surface area contributed by atoms with Crippen LogP contribution in [0.25, 0.3) is 21.8 Å².